The van der Waals surface area contributed by atoms with E-state index in [0.717, 1.165) is 24.2 Å². The number of aromatic nitrogens is 4. The molecule has 0 bridgehead atoms. The number of benzene rings is 2. The van der Waals surface area contributed by atoms with Crippen molar-refractivity contribution in [3.63, 3.8) is 0 Å². The van der Waals surface area contributed by atoms with Crippen molar-refractivity contribution < 1.29 is 8.78 Å². The van der Waals surface area contributed by atoms with E-state index in [4.69, 9.17) is 0 Å². The zero-order valence-electron chi connectivity index (χ0n) is 18.7. The topological polar surface area (TPSA) is 79.2 Å². The second-order valence-electron chi connectivity index (χ2n) is 8.50. The maximum absolute atomic E-state index is 13.4. The van der Waals surface area contributed by atoms with E-state index in [2.05, 4.69) is 19.8 Å². The summed E-state index contributed by atoms with van der Waals surface area (Å²) in [6.45, 7) is 3.87. The van der Waals surface area contributed by atoms with Gasteiger partial charge in [0.05, 0.1) is 6.54 Å². The molecular weight excluding hydrogens is 442 g/mol. The van der Waals surface area contributed by atoms with Crippen LogP contribution >= 0.6 is 0 Å². The quantitative estimate of drug-likeness (QED) is 0.487. The molecule has 176 valence electrons. The molecule has 3 heterocycles. The molecule has 1 saturated heterocycles. The molecule has 8 nitrogen and oxygen atoms in total. The van der Waals surface area contributed by atoms with Gasteiger partial charge in [0.2, 0.25) is 5.95 Å². The molecule has 10 heteroatoms. The summed E-state index contributed by atoms with van der Waals surface area (Å²) in [6, 6.07) is 12.6. The van der Waals surface area contributed by atoms with E-state index in [-0.39, 0.29) is 11.6 Å². The summed E-state index contributed by atoms with van der Waals surface area (Å²) in [6.07, 6.45) is 0. The number of aromatic amines is 1. The summed E-state index contributed by atoms with van der Waals surface area (Å²) < 4.78 is 29.7. The SMILES string of the molecule is Cn1c(=O)[nH]c(=O)c2c1nc(N1CCN(Cc3ccc(F)cc3)CC1)n2Cc1ccc(F)cc1. The first kappa shape index (κ1) is 22.0. The second kappa shape index (κ2) is 8.86. The van der Waals surface area contributed by atoms with Crippen LogP contribution in [-0.4, -0.2) is 50.2 Å². The van der Waals surface area contributed by atoms with Crippen LogP contribution in [0.15, 0.2) is 58.1 Å². The van der Waals surface area contributed by atoms with Crippen molar-refractivity contribution in [2.45, 2.75) is 13.1 Å². The monoisotopic (exact) mass is 466 g/mol. The van der Waals surface area contributed by atoms with E-state index in [0.29, 0.717) is 43.3 Å². The van der Waals surface area contributed by atoms with Crippen LogP contribution in [0.5, 0.6) is 0 Å². The average molecular weight is 466 g/mol. The third-order valence-corrected chi connectivity index (χ3v) is 6.22. The maximum Gasteiger partial charge on any atom is 0.329 e. The van der Waals surface area contributed by atoms with Crippen molar-refractivity contribution in [2.75, 3.05) is 31.1 Å². The fourth-order valence-electron chi connectivity index (χ4n) is 4.34. The lowest BCUT2D eigenvalue weighted by molar-refractivity contribution is 0.248. The number of imidazole rings is 1. The number of rotatable bonds is 5. The number of nitrogens with zero attached hydrogens (tertiary/aromatic N) is 5. The number of H-pyrrole nitrogens is 1. The zero-order valence-corrected chi connectivity index (χ0v) is 18.7. The molecule has 0 saturated carbocycles. The van der Waals surface area contributed by atoms with Crippen molar-refractivity contribution in [1.29, 1.82) is 0 Å². The minimum Gasteiger partial charge on any atom is -0.340 e. The third-order valence-electron chi connectivity index (χ3n) is 6.22. The molecule has 1 fully saturated rings. The van der Waals surface area contributed by atoms with Gasteiger partial charge in [-0.05, 0) is 35.4 Å². The number of nitrogens with one attached hydrogen (secondary N) is 1. The Balaban J connectivity index is 1.45. The lowest BCUT2D eigenvalue weighted by Crippen LogP contribution is -2.46. The van der Waals surface area contributed by atoms with Crippen LogP contribution in [0.25, 0.3) is 11.2 Å². The van der Waals surface area contributed by atoms with E-state index in [1.807, 2.05) is 0 Å². The molecule has 1 aliphatic rings. The van der Waals surface area contributed by atoms with Crippen LogP contribution in [0.1, 0.15) is 11.1 Å². The molecule has 2 aromatic carbocycles. The highest BCUT2D eigenvalue weighted by atomic mass is 19.1. The molecular formula is C24H24F2N6O2. The van der Waals surface area contributed by atoms with Crippen LogP contribution in [0.2, 0.25) is 0 Å². The maximum atomic E-state index is 13.4. The molecule has 0 atom stereocenters. The van der Waals surface area contributed by atoms with Gasteiger partial charge >= 0.3 is 5.69 Å². The number of hydrogen-bond acceptors (Lipinski definition) is 5. The minimum absolute atomic E-state index is 0.252. The van der Waals surface area contributed by atoms with Gasteiger partial charge < -0.3 is 4.90 Å². The Morgan fingerprint density at radius 1 is 0.853 bits per heavy atom. The normalized spacial score (nSPS) is 14.7. The Morgan fingerprint density at radius 2 is 1.41 bits per heavy atom. The second-order valence-corrected chi connectivity index (χ2v) is 8.50. The Bertz CT molecular complexity index is 1430. The molecule has 0 spiro atoms. The van der Waals surface area contributed by atoms with E-state index in [1.165, 1.54) is 28.8 Å². The van der Waals surface area contributed by atoms with E-state index >= 15 is 0 Å². The number of halogens is 2. The molecule has 0 aliphatic carbocycles. The fraction of sp³-hybridized carbons (Fsp3) is 0.292. The average Bonchev–Trinajstić information content (AvgIpc) is 3.21. The van der Waals surface area contributed by atoms with Crippen LogP contribution in [0, 0.1) is 11.6 Å². The van der Waals surface area contributed by atoms with Crippen LogP contribution in [0.4, 0.5) is 14.7 Å². The van der Waals surface area contributed by atoms with E-state index in [1.54, 1.807) is 35.9 Å². The van der Waals surface area contributed by atoms with E-state index in [9.17, 15) is 18.4 Å². The number of hydrogen-bond donors (Lipinski definition) is 1. The van der Waals surface area contributed by atoms with Crippen LogP contribution in [-0.2, 0) is 20.1 Å². The van der Waals surface area contributed by atoms with Gasteiger partial charge in [-0.2, -0.15) is 4.98 Å². The highest BCUT2D eigenvalue weighted by Gasteiger charge is 2.25. The first-order chi connectivity index (χ1) is 16.4. The fourth-order valence-corrected chi connectivity index (χ4v) is 4.34. The molecule has 5 rings (SSSR count). The van der Waals surface area contributed by atoms with Crippen LogP contribution in [0.3, 0.4) is 0 Å². The van der Waals surface area contributed by atoms with Crippen molar-refractivity contribution in [2.24, 2.45) is 7.05 Å². The van der Waals surface area contributed by atoms with Crippen LogP contribution < -0.4 is 16.1 Å². The number of fused-ring (bicyclic) bond motifs is 1. The molecule has 34 heavy (non-hydrogen) atoms. The van der Waals surface area contributed by atoms with Crippen molar-refractivity contribution in [3.05, 3.63) is 92.1 Å². The predicted octanol–water partition coefficient (Wildman–Crippen LogP) is 2.07. The highest BCUT2D eigenvalue weighted by molar-refractivity contribution is 5.74. The van der Waals surface area contributed by atoms with Gasteiger partial charge in [-0.15, -0.1) is 0 Å². The summed E-state index contributed by atoms with van der Waals surface area (Å²) in [4.78, 5) is 36.3. The molecule has 0 unspecified atom stereocenters. The van der Waals surface area contributed by atoms with Gasteiger partial charge in [-0.1, -0.05) is 24.3 Å². The van der Waals surface area contributed by atoms with Crippen molar-refractivity contribution >= 4 is 17.1 Å². The largest absolute Gasteiger partial charge is 0.340 e. The van der Waals surface area contributed by atoms with Gasteiger partial charge in [-0.25, -0.2) is 13.6 Å². The lowest BCUT2D eigenvalue weighted by atomic mass is 10.2. The summed E-state index contributed by atoms with van der Waals surface area (Å²) in [7, 11) is 1.57. The minimum atomic E-state index is -0.528. The first-order valence-corrected chi connectivity index (χ1v) is 11.0. The Labute approximate surface area is 193 Å². The number of piperazine rings is 1. The number of anilines is 1. The summed E-state index contributed by atoms with van der Waals surface area (Å²) in [5.41, 5.74) is 1.42. The molecule has 1 N–H and O–H groups in total. The molecule has 0 radical (unpaired) electrons. The first-order valence-electron chi connectivity index (χ1n) is 11.0. The Morgan fingerprint density at radius 3 is 2.00 bits per heavy atom. The van der Waals surface area contributed by atoms with Crippen molar-refractivity contribution in [3.8, 4) is 0 Å². The third kappa shape index (κ3) is 4.24. The molecule has 0 amide bonds. The molecule has 1 aliphatic heterocycles. The van der Waals surface area contributed by atoms with Gasteiger partial charge in [0.1, 0.15) is 11.6 Å². The summed E-state index contributed by atoms with van der Waals surface area (Å²) >= 11 is 0. The highest BCUT2D eigenvalue weighted by Crippen LogP contribution is 2.23. The molecule has 4 aromatic rings. The van der Waals surface area contributed by atoms with Gasteiger partial charge in [0, 0.05) is 39.8 Å². The predicted molar refractivity (Wildman–Crippen MR) is 125 cm³/mol. The smallest absolute Gasteiger partial charge is 0.329 e. The van der Waals surface area contributed by atoms with E-state index < -0.39 is 11.2 Å². The lowest BCUT2D eigenvalue weighted by Gasteiger charge is -2.35. The number of aryl methyl sites for hydroxylation is 1. The van der Waals surface area contributed by atoms with Gasteiger partial charge in [0.25, 0.3) is 5.56 Å². The molecule has 2 aromatic heterocycles. The Hall–Kier alpha value is -3.79. The van der Waals surface area contributed by atoms with Gasteiger partial charge in [0.15, 0.2) is 11.2 Å². The summed E-state index contributed by atoms with van der Waals surface area (Å²) in [5, 5.41) is 0. The van der Waals surface area contributed by atoms with Crippen molar-refractivity contribution in [1.82, 2.24) is 24.0 Å². The zero-order chi connectivity index (χ0) is 23.8. The standard InChI is InChI=1S/C24H24F2N6O2/c1-29-21-20(22(33)28-24(29)34)32(15-17-4-8-19(26)9-5-17)23(27-21)31-12-10-30(11-13-31)14-16-2-6-18(25)7-3-16/h2-9H,10-15H2,1H3,(H,28,33,34). The summed E-state index contributed by atoms with van der Waals surface area (Å²) in [5.74, 6) is 0.00227. The Kier molecular flexibility index (Phi) is 5.74. The van der Waals surface area contributed by atoms with Gasteiger partial charge in [-0.3, -0.25) is 23.8 Å².